The zero-order valence-electron chi connectivity index (χ0n) is 27.4. The molecule has 0 radical (unpaired) electrons. The Hall–Kier alpha value is -0.520. The van der Waals surface area contributed by atoms with Crippen molar-refractivity contribution in [3.05, 3.63) is 0 Å². The van der Waals surface area contributed by atoms with Gasteiger partial charge in [-0.05, 0) is 6.42 Å². The summed E-state index contributed by atoms with van der Waals surface area (Å²) in [5.41, 5.74) is 0. The molecule has 0 aliphatic carbocycles. The van der Waals surface area contributed by atoms with Crippen LogP contribution in [0, 0.1) is 0 Å². The summed E-state index contributed by atoms with van der Waals surface area (Å²) in [5.74, 6) is 0. The highest BCUT2D eigenvalue weighted by Crippen LogP contribution is 2.29. The van der Waals surface area contributed by atoms with Gasteiger partial charge in [0.25, 0.3) is 0 Å². The second-order valence-electron chi connectivity index (χ2n) is 12.4. The highest BCUT2D eigenvalue weighted by molar-refractivity contribution is 4.94. The van der Waals surface area contributed by atoms with Crippen LogP contribution in [0.15, 0.2) is 0 Å². The van der Waals surface area contributed by atoms with Gasteiger partial charge in [-0.1, -0.05) is 90.4 Å². The number of unbranched alkanes of at least 4 members (excludes halogenated alkanes) is 13. The SMILES string of the molecule is CCCCCCCCCCCCCCCCOCC(COC1O[C@H](CO)[C@@H](O[C@@H]2O[C@H](CO)[C@H](O)[C@H](O)[C@H]2O)[C@H](O)[C@H]1O)OC. The summed E-state index contributed by atoms with van der Waals surface area (Å²) >= 11 is 0. The second-order valence-corrected chi connectivity index (χ2v) is 12.4. The molecule has 13 heteroatoms. The third-order valence-electron chi connectivity index (χ3n) is 8.69. The second kappa shape index (κ2) is 23.7. The molecule has 268 valence electrons. The lowest BCUT2D eigenvalue weighted by Gasteiger charge is -2.46. The Morgan fingerprint density at radius 3 is 1.62 bits per heavy atom. The van der Waals surface area contributed by atoms with Crippen molar-refractivity contribution in [3.63, 3.8) is 0 Å². The van der Waals surface area contributed by atoms with Gasteiger partial charge in [-0.25, -0.2) is 0 Å². The molecule has 2 aliphatic heterocycles. The third kappa shape index (κ3) is 14.2. The normalized spacial score (nSPS) is 33.0. The molecule has 2 heterocycles. The van der Waals surface area contributed by atoms with Gasteiger partial charge in [0, 0.05) is 13.7 Å². The van der Waals surface area contributed by atoms with Crippen LogP contribution in [-0.2, 0) is 28.4 Å². The highest BCUT2D eigenvalue weighted by atomic mass is 16.7. The number of ether oxygens (including phenoxy) is 6. The quantitative estimate of drug-likeness (QED) is 0.0693. The molecule has 2 fully saturated rings. The van der Waals surface area contributed by atoms with E-state index in [4.69, 9.17) is 28.4 Å². The van der Waals surface area contributed by atoms with Crippen molar-refractivity contribution >= 4 is 0 Å². The van der Waals surface area contributed by atoms with Crippen LogP contribution in [0.25, 0.3) is 0 Å². The number of hydrogen-bond donors (Lipinski definition) is 7. The van der Waals surface area contributed by atoms with Crippen molar-refractivity contribution in [2.75, 3.05) is 40.1 Å². The minimum Gasteiger partial charge on any atom is -0.394 e. The van der Waals surface area contributed by atoms with E-state index in [0.717, 1.165) is 12.8 Å². The molecule has 13 nitrogen and oxygen atoms in total. The Balaban J connectivity index is 1.61. The molecule has 11 atom stereocenters. The zero-order valence-corrected chi connectivity index (χ0v) is 27.4. The van der Waals surface area contributed by atoms with Crippen molar-refractivity contribution in [1.29, 1.82) is 0 Å². The maximum atomic E-state index is 10.7. The van der Waals surface area contributed by atoms with Crippen LogP contribution in [0.4, 0.5) is 0 Å². The zero-order chi connectivity index (χ0) is 33.0. The van der Waals surface area contributed by atoms with Crippen LogP contribution >= 0.6 is 0 Å². The van der Waals surface area contributed by atoms with E-state index in [0.29, 0.717) is 6.61 Å². The smallest absolute Gasteiger partial charge is 0.187 e. The van der Waals surface area contributed by atoms with Crippen molar-refractivity contribution in [2.24, 2.45) is 0 Å². The lowest BCUT2D eigenvalue weighted by Crippen LogP contribution is -2.64. The van der Waals surface area contributed by atoms with Gasteiger partial charge < -0.3 is 64.2 Å². The summed E-state index contributed by atoms with van der Waals surface area (Å²) in [6, 6.07) is 0. The Kier molecular flexibility index (Phi) is 21.5. The summed E-state index contributed by atoms with van der Waals surface area (Å²) in [6.45, 7) is 1.81. The first kappa shape index (κ1) is 40.7. The lowest BCUT2D eigenvalue weighted by molar-refractivity contribution is -0.360. The van der Waals surface area contributed by atoms with Crippen LogP contribution in [0.5, 0.6) is 0 Å². The number of hydrogen-bond acceptors (Lipinski definition) is 13. The minimum atomic E-state index is -1.73. The van der Waals surface area contributed by atoms with Gasteiger partial charge in [0.2, 0.25) is 0 Å². The predicted molar refractivity (Wildman–Crippen MR) is 164 cm³/mol. The van der Waals surface area contributed by atoms with Crippen molar-refractivity contribution in [2.45, 2.75) is 164 Å². The molecule has 0 aromatic carbocycles. The van der Waals surface area contributed by atoms with E-state index >= 15 is 0 Å². The Bertz CT molecular complexity index is 715. The molecule has 0 aromatic rings. The molecule has 2 aliphatic rings. The topological polar surface area (TPSA) is 197 Å². The molecule has 0 amide bonds. The molecule has 7 N–H and O–H groups in total. The monoisotopic (exact) mass is 654 g/mol. The summed E-state index contributed by atoms with van der Waals surface area (Å²) in [6.07, 6.45) is 2.60. The fraction of sp³-hybridized carbons (Fsp3) is 1.00. The van der Waals surface area contributed by atoms with Gasteiger partial charge in [0.05, 0.1) is 26.4 Å². The largest absolute Gasteiger partial charge is 0.394 e. The van der Waals surface area contributed by atoms with E-state index in [-0.39, 0.29) is 13.2 Å². The van der Waals surface area contributed by atoms with Gasteiger partial charge in [-0.3, -0.25) is 0 Å². The molecule has 45 heavy (non-hydrogen) atoms. The minimum absolute atomic E-state index is 0.0138. The van der Waals surface area contributed by atoms with E-state index in [1.54, 1.807) is 0 Å². The molecule has 2 rings (SSSR count). The van der Waals surface area contributed by atoms with Crippen LogP contribution in [0.3, 0.4) is 0 Å². The number of methoxy groups -OCH3 is 1. The maximum Gasteiger partial charge on any atom is 0.187 e. The van der Waals surface area contributed by atoms with Gasteiger partial charge in [0.15, 0.2) is 12.6 Å². The van der Waals surface area contributed by atoms with Crippen molar-refractivity contribution in [1.82, 2.24) is 0 Å². The standard InChI is InChI=1S/C32H62O13/c1-3-4-5-6-7-8-9-10-11-12-13-14-15-16-17-41-20-22(40-2)21-42-31-29(39)27(37)30(24(19-34)44-31)45-32-28(38)26(36)25(35)23(18-33)43-32/h22-39H,3-21H2,1-2H3/t22?,23-,24-,25+,26+,27-,28-,29-,30-,31?,32+/m1/s1. The van der Waals surface area contributed by atoms with Crippen LogP contribution < -0.4 is 0 Å². The number of rotatable bonds is 25. The molecule has 0 spiro atoms. The van der Waals surface area contributed by atoms with Gasteiger partial charge in [0.1, 0.15) is 54.9 Å². The average molecular weight is 655 g/mol. The average Bonchev–Trinajstić information content (AvgIpc) is 3.05. The van der Waals surface area contributed by atoms with E-state index in [1.807, 2.05) is 0 Å². The Morgan fingerprint density at radius 1 is 0.578 bits per heavy atom. The summed E-state index contributed by atoms with van der Waals surface area (Å²) in [5, 5.41) is 70.9. The molecule has 0 aromatic heterocycles. The van der Waals surface area contributed by atoms with E-state index < -0.39 is 80.7 Å². The van der Waals surface area contributed by atoms with Crippen LogP contribution in [-0.4, -0.2) is 143 Å². The molecular formula is C32H62O13. The lowest BCUT2D eigenvalue weighted by atomic mass is 9.97. The first-order valence-corrected chi connectivity index (χ1v) is 17.1. The predicted octanol–water partition coefficient (Wildman–Crippen LogP) is 1.14. The fourth-order valence-corrected chi connectivity index (χ4v) is 5.69. The number of aliphatic hydroxyl groups is 7. The Labute approximate surface area is 268 Å². The van der Waals surface area contributed by atoms with Crippen LogP contribution in [0.2, 0.25) is 0 Å². The highest BCUT2D eigenvalue weighted by Gasteiger charge is 2.50. The molecular weight excluding hydrogens is 592 g/mol. The van der Waals surface area contributed by atoms with E-state index in [2.05, 4.69) is 6.92 Å². The third-order valence-corrected chi connectivity index (χ3v) is 8.69. The van der Waals surface area contributed by atoms with Gasteiger partial charge >= 0.3 is 0 Å². The number of aliphatic hydroxyl groups excluding tert-OH is 7. The maximum absolute atomic E-state index is 10.7. The summed E-state index contributed by atoms with van der Waals surface area (Å²) in [4.78, 5) is 0. The molecule has 2 saturated heterocycles. The molecule has 0 saturated carbocycles. The molecule has 0 bridgehead atoms. The Morgan fingerprint density at radius 2 is 1.09 bits per heavy atom. The van der Waals surface area contributed by atoms with Gasteiger partial charge in [-0.15, -0.1) is 0 Å². The first-order chi connectivity index (χ1) is 21.8. The van der Waals surface area contributed by atoms with Crippen molar-refractivity contribution in [3.8, 4) is 0 Å². The summed E-state index contributed by atoms with van der Waals surface area (Å²) < 4.78 is 33.4. The fourth-order valence-electron chi connectivity index (χ4n) is 5.69. The first-order valence-electron chi connectivity index (χ1n) is 17.1. The van der Waals surface area contributed by atoms with Gasteiger partial charge in [-0.2, -0.15) is 0 Å². The summed E-state index contributed by atoms with van der Waals surface area (Å²) in [7, 11) is 1.51. The van der Waals surface area contributed by atoms with Crippen molar-refractivity contribution < 1.29 is 64.2 Å². The van der Waals surface area contributed by atoms with E-state index in [1.165, 1.54) is 84.2 Å². The van der Waals surface area contributed by atoms with Crippen LogP contribution in [0.1, 0.15) is 96.8 Å². The molecule has 2 unspecified atom stereocenters. The van der Waals surface area contributed by atoms with E-state index in [9.17, 15) is 35.7 Å².